The molecule has 0 aromatic heterocycles. The van der Waals surface area contributed by atoms with E-state index < -0.39 is 18.2 Å². The zero-order valence-corrected chi connectivity index (χ0v) is 23.1. The number of benzene rings is 2. The smallest absolute Gasteiger partial charge is 0.340 e. The number of rotatable bonds is 12. The molecule has 1 atom stereocenters. The molecule has 0 saturated carbocycles. The van der Waals surface area contributed by atoms with Gasteiger partial charge in [-0.3, -0.25) is 9.59 Å². The molecule has 37 heavy (non-hydrogen) atoms. The van der Waals surface area contributed by atoms with Crippen LogP contribution >= 0.6 is 15.9 Å². The van der Waals surface area contributed by atoms with Gasteiger partial charge in [0.2, 0.25) is 6.29 Å². The molecule has 3 rings (SSSR count). The van der Waals surface area contributed by atoms with E-state index in [1.54, 1.807) is 30.3 Å². The number of ketones is 1. The van der Waals surface area contributed by atoms with Gasteiger partial charge < -0.3 is 23.7 Å². The first-order chi connectivity index (χ1) is 17.8. The van der Waals surface area contributed by atoms with Crippen LogP contribution in [0.4, 0.5) is 0 Å². The van der Waals surface area contributed by atoms with Crippen molar-refractivity contribution in [2.45, 2.75) is 65.6 Å². The normalized spacial score (nSPS) is 15.1. The summed E-state index contributed by atoms with van der Waals surface area (Å²) in [4.78, 5) is 36.1. The Balaban J connectivity index is 1.55. The molecule has 1 fully saturated rings. The lowest BCUT2D eigenvalue weighted by Gasteiger charge is -2.22. The third-order valence-corrected chi connectivity index (χ3v) is 6.31. The topological polar surface area (TPSA) is 97.4 Å². The van der Waals surface area contributed by atoms with Crippen molar-refractivity contribution in [1.82, 2.24) is 0 Å². The zero-order chi connectivity index (χ0) is 26.8. The standard InChI is InChI=1S/C28H33BrO8/c1-4-8-22-24(13-11-21(18(2)30)27(22)36-19(3)31)33-15-7-16-34-25-12-10-20(17-23(25)29)28(32)37-26-9-5-6-14-35-26/h10-13,17,26H,4-9,14-16H2,1-3H3. The van der Waals surface area contributed by atoms with Crippen LogP contribution in [0.3, 0.4) is 0 Å². The molecular weight excluding hydrogens is 544 g/mol. The first-order valence-electron chi connectivity index (χ1n) is 12.5. The van der Waals surface area contributed by atoms with E-state index in [1.165, 1.54) is 13.8 Å². The van der Waals surface area contributed by atoms with E-state index in [4.69, 9.17) is 23.7 Å². The van der Waals surface area contributed by atoms with E-state index in [1.807, 2.05) is 6.92 Å². The second-order valence-electron chi connectivity index (χ2n) is 8.72. The molecule has 2 aromatic rings. The summed E-state index contributed by atoms with van der Waals surface area (Å²) in [6.45, 7) is 6.10. The van der Waals surface area contributed by atoms with E-state index in [0.29, 0.717) is 71.7 Å². The summed E-state index contributed by atoms with van der Waals surface area (Å²) in [5.74, 6) is 0.347. The Hall–Kier alpha value is -2.91. The molecule has 9 heteroatoms. The van der Waals surface area contributed by atoms with E-state index in [-0.39, 0.29) is 11.5 Å². The van der Waals surface area contributed by atoms with Crippen LogP contribution in [0, 0.1) is 0 Å². The molecule has 0 aliphatic carbocycles. The Kier molecular flexibility index (Phi) is 11.0. The van der Waals surface area contributed by atoms with Crippen molar-refractivity contribution in [3.05, 3.63) is 51.5 Å². The van der Waals surface area contributed by atoms with E-state index in [0.717, 1.165) is 19.3 Å². The number of esters is 2. The minimum atomic E-state index is -0.488. The molecule has 1 saturated heterocycles. The average Bonchev–Trinajstić information content (AvgIpc) is 2.86. The lowest BCUT2D eigenvalue weighted by atomic mass is 10.0. The SMILES string of the molecule is CCCc1c(OCCCOc2ccc(C(=O)OC3CCCCO3)cc2Br)ccc(C(C)=O)c1OC(C)=O. The number of ether oxygens (including phenoxy) is 5. The fourth-order valence-corrected chi connectivity index (χ4v) is 4.42. The van der Waals surface area contributed by atoms with Crippen LogP contribution in [-0.2, 0) is 20.7 Å². The quantitative estimate of drug-likeness (QED) is 0.130. The molecule has 0 spiro atoms. The third kappa shape index (κ3) is 8.30. The van der Waals surface area contributed by atoms with Gasteiger partial charge in [-0.1, -0.05) is 13.3 Å². The van der Waals surface area contributed by atoms with Gasteiger partial charge in [-0.05, 0) is 72.4 Å². The van der Waals surface area contributed by atoms with Gasteiger partial charge in [0.05, 0.1) is 35.4 Å². The van der Waals surface area contributed by atoms with Crippen molar-refractivity contribution in [3.63, 3.8) is 0 Å². The van der Waals surface area contributed by atoms with Crippen molar-refractivity contribution in [1.29, 1.82) is 0 Å². The van der Waals surface area contributed by atoms with Crippen molar-refractivity contribution in [2.75, 3.05) is 19.8 Å². The molecule has 0 amide bonds. The van der Waals surface area contributed by atoms with Crippen LogP contribution < -0.4 is 14.2 Å². The summed E-state index contributed by atoms with van der Waals surface area (Å²) < 4.78 is 28.7. The second-order valence-corrected chi connectivity index (χ2v) is 9.57. The van der Waals surface area contributed by atoms with Gasteiger partial charge >= 0.3 is 11.9 Å². The summed E-state index contributed by atoms with van der Waals surface area (Å²) in [5.41, 5.74) is 1.48. The number of carbonyl (C=O) groups excluding carboxylic acids is 3. The fourth-order valence-electron chi connectivity index (χ4n) is 3.93. The molecule has 2 aromatic carbocycles. The predicted molar refractivity (Wildman–Crippen MR) is 141 cm³/mol. The molecule has 200 valence electrons. The Bertz CT molecular complexity index is 1110. The van der Waals surface area contributed by atoms with Crippen molar-refractivity contribution in [3.8, 4) is 17.2 Å². The van der Waals surface area contributed by atoms with Gasteiger partial charge in [0, 0.05) is 25.3 Å². The molecule has 1 unspecified atom stereocenters. The van der Waals surface area contributed by atoms with E-state index >= 15 is 0 Å². The average molecular weight is 577 g/mol. The first kappa shape index (κ1) is 28.7. The highest BCUT2D eigenvalue weighted by atomic mass is 79.9. The van der Waals surface area contributed by atoms with Crippen LogP contribution in [0.1, 0.15) is 79.2 Å². The maximum absolute atomic E-state index is 12.4. The monoisotopic (exact) mass is 576 g/mol. The third-order valence-electron chi connectivity index (χ3n) is 5.69. The Morgan fingerprint density at radius 1 is 1.03 bits per heavy atom. The Morgan fingerprint density at radius 3 is 2.38 bits per heavy atom. The van der Waals surface area contributed by atoms with Gasteiger partial charge in [-0.25, -0.2) is 4.79 Å². The molecule has 0 radical (unpaired) electrons. The molecule has 0 bridgehead atoms. The van der Waals surface area contributed by atoms with Gasteiger partial charge in [-0.2, -0.15) is 0 Å². The van der Waals surface area contributed by atoms with Crippen LogP contribution in [0.2, 0.25) is 0 Å². The summed E-state index contributed by atoms with van der Waals surface area (Å²) >= 11 is 3.46. The zero-order valence-electron chi connectivity index (χ0n) is 21.5. The van der Waals surface area contributed by atoms with Gasteiger partial charge in [0.15, 0.2) is 5.78 Å². The van der Waals surface area contributed by atoms with Crippen LogP contribution in [-0.4, -0.2) is 43.8 Å². The lowest BCUT2D eigenvalue weighted by molar-refractivity contribution is -0.132. The van der Waals surface area contributed by atoms with Crippen LogP contribution in [0.5, 0.6) is 17.2 Å². The minimum Gasteiger partial charge on any atom is -0.493 e. The van der Waals surface area contributed by atoms with Crippen molar-refractivity contribution < 1.29 is 38.1 Å². The Labute approximate surface area is 225 Å². The van der Waals surface area contributed by atoms with Gasteiger partial charge in [0.25, 0.3) is 0 Å². The lowest BCUT2D eigenvalue weighted by Crippen LogP contribution is -2.25. The summed E-state index contributed by atoms with van der Waals surface area (Å²) in [7, 11) is 0. The van der Waals surface area contributed by atoms with Crippen molar-refractivity contribution in [2.24, 2.45) is 0 Å². The highest BCUT2D eigenvalue weighted by Crippen LogP contribution is 2.34. The van der Waals surface area contributed by atoms with Crippen molar-refractivity contribution >= 4 is 33.7 Å². The molecule has 8 nitrogen and oxygen atoms in total. The number of Topliss-reactive ketones (excluding diaryl/α,β-unsaturated/α-hetero) is 1. The number of hydrogen-bond donors (Lipinski definition) is 0. The number of hydrogen-bond acceptors (Lipinski definition) is 8. The maximum atomic E-state index is 12.4. The van der Waals surface area contributed by atoms with Crippen LogP contribution in [0.25, 0.3) is 0 Å². The largest absolute Gasteiger partial charge is 0.493 e. The van der Waals surface area contributed by atoms with E-state index in [9.17, 15) is 14.4 Å². The number of carbonyl (C=O) groups is 3. The summed E-state index contributed by atoms with van der Waals surface area (Å²) in [6.07, 6.45) is 4.16. The molecule has 0 N–H and O–H groups in total. The fraction of sp³-hybridized carbons (Fsp3) is 0.464. The molecular formula is C28H33BrO8. The summed E-state index contributed by atoms with van der Waals surface area (Å²) in [5, 5.41) is 0. The van der Waals surface area contributed by atoms with Gasteiger partial charge in [0.1, 0.15) is 17.2 Å². The second kappa shape index (κ2) is 14.1. The van der Waals surface area contributed by atoms with E-state index in [2.05, 4.69) is 15.9 Å². The van der Waals surface area contributed by atoms with Crippen LogP contribution in [0.15, 0.2) is 34.8 Å². The molecule has 1 heterocycles. The maximum Gasteiger partial charge on any atom is 0.340 e. The summed E-state index contributed by atoms with van der Waals surface area (Å²) in [6, 6.07) is 8.40. The molecule has 1 aliphatic heterocycles. The Morgan fingerprint density at radius 2 is 1.76 bits per heavy atom. The first-order valence-corrected chi connectivity index (χ1v) is 13.3. The predicted octanol–water partition coefficient (Wildman–Crippen LogP) is 6.06. The number of halogens is 1. The molecule has 1 aliphatic rings. The highest BCUT2D eigenvalue weighted by molar-refractivity contribution is 9.10. The minimum absolute atomic E-state index is 0.180. The highest BCUT2D eigenvalue weighted by Gasteiger charge is 2.21. The van der Waals surface area contributed by atoms with Gasteiger partial charge in [-0.15, -0.1) is 0 Å².